The highest BCUT2D eigenvalue weighted by atomic mass is 16.3. The second-order valence-electron chi connectivity index (χ2n) is 8.25. The first-order valence-electron chi connectivity index (χ1n) is 10.7. The molecule has 0 bridgehead atoms. The fourth-order valence-corrected chi connectivity index (χ4v) is 4.44. The fraction of sp³-hybridized carbons (Fsp3) is 0.292. The Morgan fingerprint density at radius 2 is 1.90 bits per heavy atom. The maximum atomic E-state index is 11.3. The molecule has 0 radical (unpaired) electrons. The number of H-pyrrole nitrogens is 1. The summed E-state index contributed by atoms with van der Waals surface area (Å²) in [5, 5.41) is 2.01. The van der Waals surface area contributed by atoms with E-state index in [1.54, 1.807) is 6.07 Å². The minimum atomic E-state index is -0.539. The third-order valence-electron chi connectivity index (χ3n) is 6.20. The molecule has 1 aliphatic heterocycles. The minimum Gasteiger partial charge on any atom is -0.451 e. The number of carbonyl (C=O) groups excluding carboxylic acids is 1. The van der Waals surface area contributed by atoms with E-state index in [-0.39, 0.29) is 5.76 Å². The molecule has 2 aromatic heterocycles. The number of aromatic nitrogens is 1. The summed E-state index contributed by atoms with van der Waals surface area (Å²) in [5.41, 5.74) is 16.4. The lowest BCUT2D eigenvalue weighted by atomic mass is 10.1. The van der Waals surface area contributed by atoms with Crippen molar-refractivity contribution in [1.29, 1.82) is 0 Å². The van der Waals surface area contributed by atoms with Crippen molar-refractivity contribution in [2.45, 2.75) is 12.8 Å². The molecule has 0 spiro atoms. The van der Waals surface area contributed by atoms with Crippen molar-refractivity contribution in [2.75, 3.05) is 43.4 Å². The van der Waals surface area contributed by atoms with Crippen molar-refractivity contribution in [1.82, 2.24) is 9.88 Å². The van der Waals surface area contributed by atoms with E-state index in [4.69, 9.17) is 15.9 Å². The van der Waals surface area contributed by atoms with Crippen LogP contribution in [0.5, 0.6) is 0 Å². The molecule has 7 heteroatoms. The molecule has 5 rings (SSSR count). The topological polar surface area (TPSA) is 105 Å². The van der Waals surface area contributed by atoms with E-state index in [1.165, 1.54) is 5.56 Å². The number of hydrogen-bond acceptors (Lipinski definition) is 5. The van der Waals surface area contributed by atoms with Crippen molar-refractivity contribution in [3.63, 3.8) is 0 Å². The van der Waals surface area contributed by atoms with E-state index in [0.717, 1.165) is 73.2 Å². The maximum Gasteiger partial charge on any atom is 0.284 e. The van der Waals surface area contributed by atoms with Gasteiger partial charge in [-0.05, 0) is 55.3 Å². The Labute approximate surface area is 180 Å². The number of rotatable bonds is 6. The summed E-state index contributed by atoms with van der Waals surface area (Å²) in [7, 11) is 0. The van der Waals surface area contributed by atoms with Gasteiger partial charge in [0, 0.05) is 54.4 Å². The van der Waals surface area contributed by atoms with Gasteiger partial charge < -0.3 is 25.8 Å². The van der Waals surface area contributed by atoms with Crippen LogP contribution in [0.1, 0.15) is 22.5 Å². The number of primary amides is 1. The van der Waals surface area contributed by atoms with Crippen LogP contribution in [-0.4, -0.2) is 48.5 Å². The van der Waals surface area contributed by atoms with Gasteiger partial charge in [-0.2, -0.15) is 0 Å². The van der Waals surface area contributed by atoms with Gasteiger partial charge in [0.05, 0.1) is 5.69 Å². The molecule has 4 aromatic rings. The molecule has 5 N–H and O–H groups in total. The number of aryl methyl sites for hydroxylation is 1. The van der Waals surface area contributed by atoms with Crippen LogP contribution in [0, 0.1) is 0 Å². The van der Waals surface area contributed by atoms with Crippen molar-refractivity contribution >= 4 is 39.2 Å². The summed E-state index contributed by atoms with van der Waals surface area (Å²) >= 11 is 0. The summed E-state index contributed by atoms with van der Waals surface area (Å²) in [5.74, 6) is -0.334. The number of furan rings is 1. The molecule has 1 saturated heterocycles. The van der Waals surface area contributed by atoms with Gasteiger partial charge in [-0.3, -0.25) is 9.69 Å². The summed E-state index contributed by atoms with van der Waals surface area (Å²) in [6.45, 7) is 5.16. The van der Waals surface area contributed by atoms with Crippen molar-refractivity contribution in [2.24, 2.45) is 5.73 Å². The number of fused-ring (bicyclic) bond motifs is 2. The summed E-state index contributed by atoms with van der Waals surface area (Å²) in [6, 6.07) is 14.3. The van der Waals surface area contributed by atoms with Crippen LogP contribution >= 0.6 is 0 Å². The number of piperazine rings is 1. The lowest BCUT2D eigenvalue weighted by Crippen LogP contribution is -2.46. The molecule has 0 saturated carbocycles. The lowest BCUT2D eigenvalue weighted by Gasteiger charge is -2.36. The average molecular weight is 418 g/mol. The van der Waals surface area contributed by atoms with Gasteiger partial charge in [0.15, 0.2) is 5.76 Å². The molecular formula is C24H27N5O2. The number of amides is 1. The predicted octanol–water partition coefficient (Wildman–Crippen LogP) is 3.35. The van der Waals surface area contributed by atoms with Crippen molar-refractivity contribution in [3.05, 3.63) is 60.0 Å². The molecule has 0 atom stereocenters. The van der Waals surface area contributed by atoms with Gasteiger partial charge in [0.2, 0.25) is 0 Å². The number of anilines is 2. The van der Waals surface area contributed by atoms with E-state index in [2.05, 4.69) is 45.1 Å². The summed E-state index contributed by atoms with van der Waals surface area (Å²) < 4.78 is 5.49. The van der Waals surface area contributed by atoms with Crippen molar-refractivity contribution in [3.8, 4) is 0 Å². The quantitative estimate of drug-likeness (QED) is 0.446. The highest BCUT2D eigenvalue weighted by Crippen LogP contribution is 2.26. The number of aromatic amines is 1. The third-order valence-corrected chi connectivity index (χ3v) is 6.20. The summed E-state index contributed by atoms with van der Waals surface area (Å²) in [6.07, 6.45) is 4.06. The molecule has 0 unspecified atom stereocenters. The van der Waals surface area contributed by atoms with Gasteiger partial charge in [0.1, 0.15) is 5.58 Å². The summed E-state index contributed by atoms with van der Waals surface area (Å²) in [4.78, 5) is 19.5. The van der Waals surface area contributed by atoms with E-state index in [1.807, 2.05) is 12.3 Å². The molecule has 3 heterocycles. The second kappa shape index (κ2) is 8.00. The molecular weight excluding hydrogens is 390 g/mol. The molecule has 1 aliphatic rings. The zero-order valence-corrected chi connectivity index (χ0v) is 17.4. The normalized spacial score (nSPS) is 15.2. The Bertz CT molecular complexity index is 1230. The van der Waals surface area contributed by atoms with Gasteiger partial charge >= 0.3 is 0 Å². The number of hydrogen-bond donors (Lipinski definition) is 3. The van der Waals surface area contributed by atoms with Gasteiger partial charge in [-0.15, -0.1) is 0 Å². The van der Waals surface area contributed by atoms with E-state index in [0.29, 0.717) is 5.58 Å². The fourth-order valence-electron chi connectivity index (χ4n) is 4.44. The van der Waals surface area contributed by atoms with Crippen LogP contribution in [0.25, 0.3) is 21.9 Å². The molecule has 1 fully saturated rings. The number of nitrogens with zero attached hydrogens (tertiary/aromatic N) is 2. The zero-order valence-electron chi connectivity index (χ0n) is 17.4. The Morgan fingerprint density at radius 3 is 2.71 bits per heavy atom. The SMILES string of the molecule is NC(=O)c1cc2cc(N3CCN(CCCc4ccc5c(N)c[nH]c5c4)CC3)ccc2o1. The maximum absolute atomic E-state index is 11.3. The number of benzene rings is 2. The minimum absolute atomic E-state index is 0.204. The van der Waals surface area contributed by atoms with Crippen molar-refractivity contribution < 1.29 is 9.21 Å². The molecule has 2 aromatic carbocycles. The Morgan fingerprint density at radius 1 is 1.06 bits per heavy atom. The molecule has 0 aliphatic carbocycles. The monoisotopic (exact) mass is 417 g/mol. The van der Waals surface area contributed by atoms with Gasteiger partial charge in [-0.1, -0.05) is 12.1 Å². The molecule has 160 valence electrons. The highest BCUT2D eigenvalue weighted by molar-refractivity contribution is 5.95. The van der Waals surface area contributed by atoms with Crippen LogP contribution in [-0.2, 0) is 6.42 Å². The third kappa shape index (κ3) is 3.96. The standard InChI is InChI=1S/C24H27N5O2/c25-20-15-27-21-12-16(3-5-19(20)21)2-1-7-28-8-10-29(11-9-28)18-4-6-22-17(13-18)14-23(31-22)24(26)30/h3-6,12-15,27H,1-2,7-11,25H2,(H2,26,30). The lowest BCUT2D eigenvalue weighted by molar-refractivity contribution is 0.0976. The molecule has 7 nitrogen and oxygen atoms in total. The van der Waals surface area contributed by atoms with Crippen LogP contribution in [0.3, 0.4) is 0 Å². The average Bonchev–Trinajstić information content (AvgIpc) is 3.37. The van der Waals surface area contributed by atoms with Crippen LogP contribution in [0.4, 0.5) is 11.4 Å². The second-order valence-corrected chi connectivity index (χ2v) is 8.25. The van der Waals surface area contributed by atoms with E-state index < -0.39 is 5.91 Å². The Kier molecular flexibility index (Phi) is 5.03. The number of nitrogens with one attached hydrogen (secondary N) is 1. The number of nitrogens with two attached hydrogens (primary N) is 2. The van der Waals surface area contributed by atoms with Crippen LogP contribution in [0.15, 0.2) is 53.1 Å². The van der Waals surface area contributed by atoms with E-state index in [9.17, 15) is 4.79 Å². The first kappa shape index (κ1) is 19.5. The smallest absolute Gasteiger partial charge is 0.284 e. The molecule has 1 amide bonds. The highest BCUT2D eigenvalue weighted by Gasteiger charge is 2.18. The Balaban J connectivity index is 1.14. The van der Waals surface area contributed by atoms with Crippen LogP contribution in [0.2, 0.25) is 0 Å². The first-order valence-corrected chi connectivity index (χ1v) is 10.7. The first-order chi connectivity index (χ1) is 15.1. The van der Waals surface area contributed by atoms with Crippen LogP contribution < -0.4 is 16.4 Å². The van der Waals surface area contributed by atoms with Gasteiger partial charge in [0.25, 0.3) is 5.91 Å². The largest absolute Gasteiger partial charge is 0.451 e. The number of carbonyl (C=O) groups is 1. The zero-order chi connectivity index (χ0) is 21.4. The Hall–Kier alpha value is -3.45. The van der Waals surface area contributed by atoms with Gasteiger partial charge in [-0.25, -0.2) is 0 Å². The predicted molar refractivity (Wildman–Crippen MR) is 124 cm³/mol. The van der Waals surface area contributed by atoms with E-state index >= 15 is 0 Å². The number of nitrogen functional groups attached to an aromatic ring is 1. The molecule has 31 heavy (non-hydrogen) atoms.